The van der Waals surface area contributed by atoms with Gasteiger partial charge in [0.1, 0.15) is 0 Å². The van der Waals surface area contributed by atoms with Crippen molar-refractivity contribution in [3.8, 4) is 33.4 Å². The fourth-order valence-corrected chi connectivity index (χ4v) is 6.95. The van der Waals surface area contributed by atoms with E-state index in [-0.39, 0.29) is 5.41 Å². The lowest BCUT2D eigenvalue weighted by Gasteiger charge is -2.28. The van der Waals surface area contributed by atoms with Gasteiger partial charge >= 0.3 is 0 Å². The minimum Gasteiger partial charge on any atom is -0.356 e. The fraction of sp³-hybridized carbons (Fsp3) is 0.0667. The van der Waals surface area contributed by atoms with Crippen LogP contribution >= 0.6 is 0 Å². The minimum absolute atomic E-state index is 0.0733. The first-order chi connectivity index (χ1) is 23.0. The molecule has 0 aliphatic heterocycles. The average molecular weight is 605 g/mol. The zero-order chi connectivity index (χ0) is 31.8. The number of para-hydroxylation sites is 1. The van der Waals surface area contributed by atoms with Crippen LogP contribution in [0.25, 0.3) is 33.4 Å². The molecule has 0 aromatic heterocycles. The van der Waals surface area contributed by atoms with E-state index in [9.17, 15) is 0 Å². The molecule has 2 heteroatoms. The van der Waals surface area contributed by atoms with E-state index in [4.69, 9.17) is 0 Å². The maximum Gasteiger partial charge on any atom is 0.0465 e. The van der Waals surface area contributed by atoms with Crippen molar-refractivity contribution in [3.63, 3.8) is 0 Å². The summed E-state index contributed by atoms with van der Waals surface area (Å²) in [4.78, 5) is 2.38. The van der Waals surface area contributed by atoms with E-state index in [1.165, 1.54) is 44.5 Å². The first kappa shape index (κ1) is 28.6. The van der Waals surface area contributed by atoms with E-state index < -0.39 is 0 Å². The third-order valence-corrected chi connectivity index (χ3v) is 9.46. The molecule has 1 aliphatic rings. The van der Waals surface area contributed by atoms with E-state index in [1.54, 1.807) is 0 Å². The molecule has 7 aromatic rings. The second-order valence-corrected chi connectivity index (χ2v) is 12.8. The molecule has 0 fully saturated rings. The summed E-state index contributed by atoms with van der Waals surface area (Å²) in [6.45, 7) is 4.69. The molecule has 7 aromatic carbocycles. The Balaban J connectivity index is 1.15. The lowest BCUT2D eigenvalue weighted by molar-refractivity contribution is 0.660. The highest BCUT2D eigenvalue weighted by molar-refractivity contribution is 5.86. The highest BCUT2D eigenvalue weighted by atomic mass is 15.1. The summed E-state index contributed by atoms with van der Waals surface area (Å²) in [5.41, 5.74) is 15.7. The second kappa shape index (κ2) is 11.8. The van der Waals surface area contributed by atoms with Crippen LogP contribution < -0.4 is 10.2 Å². The van der Waals surface area contributed by atoms with E-state index in [2.05, 4.69) is 182 Å². The zero-order valence-corrected chi connectivity index (χ0v) is 26.7. The molecule has 0 saturated heterocycles. The van der Waals surface area contributed by atoms with Crippen molar-refractivity contribution in [3.05, 3.63) is 187 Å². The summed E-state index contributed by atoms with van der Waals surface area (Å²) in [6, 6.07) is 63.2. The molecule has 1 N–H and O–H groups in total. The van der Waals surface area contributed by atoms with Crippen LogP contribution in [0.15, 0.2) is 176 Å². The van der Waals surface area contributed by atoms with Crippen molar-refractivity contribution in [1.29, 1.82) is 0 Å². The van der Waals surface area contributed by atoms with Gasteiger partial charge in [-0.2, -0.15) is 0 Å². The second-order valence-electron chi connectivity index (χ2n) is 12.8. The Bertz CT molecular complexity index is 2150. The van der Waals surface area contributed by atoms with Crippen LogP contribution in [0.3, 0.4) is 0 Å². The number of nitrogens with zero attached hydrogens (tertiary/aromatic N) is 1. The summed E-state index contributed by atoms with van der Waals surface area (Å²) in [5.74, 6) is 0. The summed E-state index contributed by atoms with van der Waals surface area (Å²) in [6.07, 6.45) is 0. The summed E-state index contributed by atoms with van der Waals surface area (Å²) in [7, 11) is 0. The van der Waals surface area contributed by atoms with Crippen molar-refractivity contribution >= 4 is 28.4 Å². The van der Waals surface area contributed by atoms with Gasteiger partial charge in [0.05, 0.1) is 0 Å². The third kappa shape index (κ3) is 5.38. The number of anilines is 5. The maximum absolute atomic E-state index is 3.48. The van der Waals surface area contributed by atoms with Gasteiger partial charge in [-0.05, 0) is 105 Å². The molecule has 0 saturated carbocycles. The molecule has 0 heterocycles. The molecule has 226 valence electrons. The van der Waals surface area contributed by atoms with Crippen molar-refractivity contribution in [2.45, 2.75) is 19.3 Å². The average Bonchev–Trinajstić information content (AvgIpc) is 3.36. The third-order valence-electron chi connectivity index (χ3n) is 9.46. The number of hydrogen-bond acceptors (Lipinski definition) is 2. The SMILES string of the molecule is CC1(C)c2ccccc2-c2ccc(N(c3ccc(-c4ccccc4)cc3)c3ccc(-c4ccc(Nc5ccccc5)cc4)cc3)cc21. The van der Waals surface area contributed by atoms with Crippen LogP contribution in [0, 0.1) is 0 Å². The predicted molar refractivity (Wildman–Crippen MR) is 199 cm³/mol. The van der Waals surface area contributed by atoms with Gasteiger partial charge < -0.3 is 10.2 Å². The maximum atomic E-state index is 3.48. The van der Waals surface area contributed by atoms with Crippen LogP contribution in [0.1, 0.15) is 25.0 Å². The van der Waals surface area contributed by atoms with Gasteiger partial charge in [-0.3, -0.25) is 0 Å². The minimum atomic E-state index is -0.0733. The lowest BCUT2D eigenvalue weighted by atomic mass is 9.82. The summed E-state index contributed by atoms with van der Waals surface area (Å²) < 4.78 is 0. The van der Waals surface area contributed by atoms with Gasteiger partial charge in [-0.1, -0.05) is 129 Å². The Morgan fingerprint density at radius 1 is 0.383 bits per heavy atom. The van der Waals surface area contributed by atoms with Gasteiger partial charge in [0.15, 0.2) is 0 Å². The van der Waals surface area contributed by atoms with Gasteiger partial charge in [0, 0.05) is 33.9 Å². The Morgan fingerprint density at radius 2 is 0.830 bits per heavy atom. The van der Waals surface area contributed by atoms with Crippen LogP contribution in [0.4, 0.5) is 28.4 Å². The largest absolute Gasteiger partial charge is 0.356 e. The van der Waals surface area contributed by atoms with Gasteiger partial charge in [-0.25, -0.2) is 0 Å². The molecule has 47 heavy (non-hydrogen) atoms. The quantitative estimate of drug-likeness (QED) is 0.195. The van der Waals surface area contributed by atoms with E-state index in [0.29, 0.717) is 0 Å². The Labute approximate surface area is 277 Å². The Kier molecular flexibility index (Phi) is 7.19. The number of nitrogens with one attached hydrogen (secondary N) is 1. The van der Waals surface area contributed by atoms with Crippen LogP contribution in [0.5, 0.6) is 0 Å². The van der Waals surface area contributed by atoms with Crippen molar-refractivity contribution < 1.29 is 0 Å². The molecule has 0 bridgehead atoms. The van der Waals surface area contributed by atoms with Gasteiger partial charge in [0.2, 0.25) is 0 Å². The van der Waals surface area contributed by atoms with E-state index in [1.807, 2.05) is 18.2 Å². The Hall–Kier alpha value is -5.86. The normalized spacial score (nSPS) is 12.6. The first-order valence-electron chi connectivity index (χ1n) is 16.3. The number of benzene rings is 7. The molecule has 0 unspecified atom stereocenters. The van der Waals surface area contributed by atoms with Crippen LogP contribution in [0.2, 0.25) is 0 Å². The van der Waals surface area contributed by atoms with E-state index >= 15 is 0 Å². The van der Waals surface area contributed by atoms with Gasteiger partial charge in [-0.15, -0.1) is 0 Å². The Morgan fingerprint density at radius 3 is 1.45 bits per heavy atom. The number of rotatable bonds is 7. The molecular formula is C45H36N2. The van der Waals surface area contributed by atoms with Crippen molar-refractivity contribution in [1.82, 2.24) is 0 Å². The molecule has 1 aliphatic carbocycles. The molecular weight excluding hydrogens is 569 g/mol. The topological polar surface area (TPSA) is 15.3 Å². The zero-order valence-electron chi connectivity index (χ0n) is 26.7. The monoisotopic (exact) mass is 604 g/mol. The number of fused-ring (bicyclic) bond motifs is 3. The van der Waals surface area contributed by atoms with Gasteiger partial charge in [0.25, 0.3) is 0 Å². The predicted octanol–water partition coefficient (Wildman–Crippen LogP) is 12.5. The smallest absolute Gasteiger partial charge is 0.0465 e. The molecule has 0 spiro atoms. The molecule has 8 rings (SSSR count). The van der Waals surface area contributed by atoms with Crippen molar-refractivity contribution in [2.75, 3.05) is 10.2 Å². The highest BCUT2D eigenvalue weighted by Gasteiger charge is 2.35. The van der Waals surface area contributed by atoms with E-state index in [0.717, 1.165) is 28.4 Å². The standard InChI is InChI=1S/C45H36N2/c1-45(2)43-16-10-9-15-41(43)42-30-29-40(31-44(42)45)47(38-25-19-34(20-26-38)32-11-5-3-6-12-32)39-27-21-35(22-28-39)33-17-23-37(24-18-33)46-36-13-7-4-8-14-36/h3-31,46H,1-2H3. The lowest BCUT2D eigenvalue weighted by Crippen LogP contribution is -2.16. The molecule has 0 amide bonds. The van der Waals surface area contributed by atoms with Crippen LogP contribution in [-0.2, 0) is 5.41 Å². The molecule has 2 nitrogen and oxygen atoms in total. The molecule has 0 radical (unpaired) electrons. The summed E-state index contributed by atoms with van der Waals surface area (Å²) >= 11 is 0. The van der Waals surface area contributed by atoms with Crippen LogP contribution in [-0.4, -0.2) is 0 Å². The first-order valence-corrected chi connectivity index (χ1v) is 16.3. The highest BCUT2D eigenvalue weighted by Crippen LogP contribution is 2.50. The fourth-order valence-electron chi connectivity index (χ4n) is 6.95. The summed E-state index contributed by atoms with van der Waals surface area (Å²) in [5, 5.41) is 3.48. The van der Waals surface area contributed by atoms with Crippen molar-refractivity contribution in [2.24, 2.45) is 0 Å². The molecule has 0 atom stereocenters. The number of hydrogen-bond donors (Lipinski definition) is 1.